The van der Waals surface area contributed by atoms with Crippen LogP contribution in [0.3, 0.4) is 0 Å². The third-order valence-corrected chi connectivity index (χ3v) is 7.00. The van der Waals surface area contributed by atoms with E-state index >= 15 is 0 Å². The Labute approximate surface area is 209 Å². The van der Waals surface area contributed by atoms with Crippen molar-refractivity contribution in [1.82, 2.24) is 15.1 Å². The van der Waals surface area contributed by atoms with E-state index in [9.17, 15) is 4.79 Å². The van der Waals surface area contributed by atoms with Crippen LogP contribution in [0.25, 0.3) is 10.8 Å². The maximum atomic E-state index is 13.2. The molecular weight excluding hydrogens is 458 g/mol. The fourth-order valence-corrected chi connectivity index (χ4v) is 5.22. The minimum atomic E-state index is -0.248. The second kappa shape index (κ2) is 10.8. The largest absolute Gasteiger partial charge is 0.493 e. The first-order chi connectivity index (χ1) is 17.2. The number of benzene rings is 3. The Balaban J connectivity index is 1.20. The predicted octanol–water partition coefficient (Wildman–Crippen LogP) is 5.42. The molecule has 35 heavy (non-hydrogen) atoms. The Morgan fingerprint density at radius 1 is 1.00 bits per heavy atom. The van der Waals surface area contributed by atoms with E-state index in [2.05, 4.69) is 56.1 Å². The number of ether oxygens (including phenoxy) is 1. The maximum absolute atomic E-state index is 13.2. The van der Waals surface area contributed by atoms with Crippen molar-refractivity contribution in [3.8, 4) is 5.75 Å². The van der Waals surface area contributed by atoms with Gasteiger partial charge >= 0.3 is 0 Å². The molecule has 1 fully saturated rings. The Hall–Kier alpha value is -3.49. The normalized spacial score (nSPS) is 14.7. The van der Waals surface area contributed by atoms with Crippen LogP contribution in [-0.2, 0) is 6.54 Å². The van der Waals surface area contributed by atoms with E-state index in [-0.39, 0.29) is 5.91 Å². The summed E-state index contributed by atoms with van der Waals surface area (Å²) in [5.74, 6) is 0.316. The van der Waals surface area contributed by atoms with E-state index in [1.165, 1.54) is 16.9 Å². The maximum Gasteiger partial charge on any atom is 0.261 e. The van der Waals surface area contributed by atoms with Crippen LogP contribution in [0.5, 0.6) is 5.75 Å². The molecular formula is C27H29N5O2S. The number of amides is 1. The Morgan fingerprint density at radius 2 is 1.74 bits per heavy atom. The third-order valence-electron chi connectivity index (χ3n) is 6.23. The summed E-state index contributed by atoms with van der Waals surface area (Å²) in [5, 5.41) is 17.9. The van der Waals surface area contributed by atoms with Gasteiger partial charge < -0.3 is 10.1 Å². The van der Waals surface area contributed by atoms with Crippen molar-refractivity contribution in [2.45, 2.75) is 32.4 Å². The third kappa shape index (κ3) is 5.61. The number of carbonyl (C=O) groups is 1. The number of fused-ring (bicyclic) bond motifs is 1. The number of piperidine rings is 1. The van der Waals surface area contributed by atoms with Gasteiger partial charge in [-0.2, -0.15) is 0 Å². The van der Waals surface area contributed by atoms with Crippen LogP contribution in [0.4, 0.5) is 10.3 Å². The molecule has 0 saturated carbocycles. The lowest BCUT2D eigenvalue weighted by molar-refractivity contribution is 0.102. The first kappa shape index (κ1) is 23.3. The van der Waals surface area contributed by atoms with Gasteiger partial charge in [0.15, 0.2) is 0 Å². The molecule has 0 aliphatic carbocycles. The fourth-order valence-electron chi connectivity index (χ4n) is 4.50. The molecule has 0 atom stereocenters. The zero-order valence-corrected chi connectivity index (χ0v) is 20.6. The van der Waals surface area contributed by atoms with Crippen LogP contribution in [0.2, 0.25) is 0 Å². The summed E-state index contributed by atoms with van der Waals surface area (Å²) in [6.45, 7) is 5.45. The summed E-state index contributed by atoms with van der Waals surface area (Å²) < 4.78 is 5.75. The van der Waals surface area contributed by atoms with Gasteiger partial charge in [-0.1, -0.05) is 72.0 Å². The lowest BCUT2D eigenvalue weighted by Crippen LogP contribution is -2.38. The molecule has 4 aromatic rings. The quantitative estimate of drug-likeness (QED) is 0.346. The number of hydrogen-bond donors (Lipinski definition) is 2. The number of aromatic nitrogens is 2. The summed E-state index contributed by atoms with van der Waals surface area (Å²) >= 11 is 1.36. The van der Waals surface area contributed by atoms with E-state index in [0.717, 1.165) is 48.4 Å². The Bertz CT molecular complexity index is 1290. The van der Waals surface area contributed by atoms with E-state index < -0.39 is 0 Å². The highest BCUT2D eigenvalue weighted by Crippen LogP contribution is 2.30. The van der Waals surface area contributed by atoms with Gasteiger partial charge in [-0.15, -0.1) is 10.2 Å². The van der Waals surface area contributed by atoms with Crippen molar-refractivity contribution in [3.05, 3.63) is 77.9 Å². The molecule has 1 saturated heterocycles. The van der Waals surface area contributed by atoms with Gasteiger partial charge in [0.1, 0.15) is 5.75 Å². The van der Waals surface area contributed by atoms with Crippen molar-refractivity contribution < 1.29 is 9.53 Å². The zero-order valence-electron chi connectivity index (χ0n) is 19.7. The number of anilines is 2. The number of nitrogens with one attached hydrogen (secondary N) is 2. The molecule has 1 aliphatic heterocycles. The van der Waals surface area contributed by atoms with Crippen LogP contribution in [0.1, 0.15) is 35.7 Å². The van der Waals surface area contributed by atoms with Gasteiger partial charge in [0, 0.05) is 25.7 Å². The monoisotopic (exact) mass is 487 g/mol. The van der Waals surface area contributed by atoms with E-state index in [1.807, 2.05) is 43.3 Å². The summed E-state index contributed by atoms with van der Waals surface area (Å²) in [6, 6.07) is 22.6. The number of carbonyl (C=O) groups excluding carboxylic acids is 1. The molecule has 8 heteroatoms. The zero-order chi connectivity index (χ0) is 24.0. The number of hydrogen-bond acceptors (Lipinski definition) is 7. The van der Waals surface area contributed by atoms with Gasteiger partial charge in [0.05, 0.1) is 12.2 Å². The molecule has 0 unspecified atom stereocenters. The fraction of sp³-hybridized carbons (Fsp3) is 0.296. The van der Waals surface area contributed by atoms with Gasteiger partial charge in [-0.3, -0.25) is 15.0 Å². The minimum Gasteiger partial charge on any atom is -0.493 e. The first-order valence-corrected chi connectivity index (χ1v) is 12.8. The standard InChI is InChI=1S/C27H29N5O2S/c1-2-34-23-13-12-20-10-6-7-11-22(20)24(23)25(33)29-27-31-30-26(35-27)28-21-14-16-32(17-15-21)18-19-8-4-3-5-9-19/h3-13,21H,2,14-18H2,1H3,(H,28,30)(H,29,31,33). The van der Waals surface area contributed by atoms with Crippen LogP contribution in [0, 0.1) is 0 Å². The molecule has 1 aromatic heterocycles. The molecule has 0 radical (unpaired) electrons. The highest BCUT2D eigenvalue weighted by atomic mass is 32.1. The molecule has 0 spiro atoms. The second-order valence-corrected chi connectivity index (χ2v) is 9.62. The number of likely N-dealkylation sites (tertiary alicyclic amines) is 1. The molecule has 0 bridgehead atoms. The highest BCUT2D eigenvalue weighted by Gasteiger charge is 2.22. The number of rotatable bonds is 8. The Kier molecular flexibility index (Phi) is 7.20. The summed E-state index contributed by atoms with van der Waals surface area (Å²) in [6.07, 6.45) is 2.09. The summed E-state index contributed by atoms with van der Waals surface area (Å²) in [4.78, 5) is 15.7. The smallest absolute Gasteiger partial charge is 0.261 e. The molecule has 2 heterocycles. The molecule has 2 N–H and O–H groups in total. The molecule has 5 rings (SSSR count). The van der Waals surface area contributed by atoms with E-state index in [4.69, 9.17) is 4.74 Å². The Morgan fingerprint density at radius 3 is 2.54 bits per heavy atom. The SMILES string of the molecule is CCOc1ccc2ccccc2c1C(=O)Nc1nnc(NC2CCN(Cc3ccccc3)CC2)s1. The lowest BCUT2D eigenvalue weighted by Gasteiger charge is -2.32. The van der Waals surface area contributed by atoms with Crippen molar-refractivity contribution in [2.75, 3.05) is 30.3 Å². The van der Waals surface area contributed by atoms with Gasteiger partial charge in [-0.25, -0.2) is 0 Å². The summed E-state index contributed by atoms with van der Waals surface area (Å²) in [5.41, 5.74) is 1.86. The van der Waals surface area contributed by atoms with Crippen molar-refractivity contribution >= 4 is 38.3 Å². The molecule has 7 nitrogen and oxygen atoms in total. The minimum absolute atomic E-state index is 0.248. The first-order valence-electron chi connectivity index (χ1n) is 12.0. The highest BCUT2D eigenvalue weighted by molar-refractivity contribution is 7.19. The van der Waals surface area contributed by atoms with E-state index in [0.29, 0.717) is 29.1 Å². The van der Waals surface area contributed by atoms with Gasteiger partial charge in [0.25, 0.3) is 5.91 Å². The van der Waals surface area contributed by atoms with Crippen molar-refractivity contribution in [2.24, 2.45) is 0 Å². The molecule has 1 aliphatic rings. The van der Waals surface area contributed by atoms with Crippen molar-refractivity contribution in [3.63, 3.8) is 0 Å². The average Bonchev–Trinajstić information content (AvgIpc) is 3.32. The van der Waals surface area contributed by atoms with Gasteiger partial charge in [0.2, 0.25) is 10.3 Å². The van der Waals surface area contributed by atoms with Gasteiger partial charge in [-0.05, 0) is 42.2 Å². The van der Waals surface area contributed by atoms with Crippen LogP contribution >= 0.6 is 11.3 Å². The van der Waals surface area contributed by atoms with E-state index in [1.54, 1.807) is 0 Å². The summed E-state index contributed by atoms with van der Waals surface area (Å²) in [7, 11) is 0. The van der Waals surface area contributed by atoms with Crippen LogP contribution in [0.15, 0.2) is 66.7 Å². The predicted molar refractivity (Wildman–Crippen MR) is 141 cm³/mol. The van der Waals surface area contributed by atoms with Crippen LogP contribution < -0.4 is 15.4 Å². The number of nitrogens with zero attached hydrogens (tertiary/aromatic N) is 3. The van der Waals surface area contributed by atoms with Crippen LogP contribution in [-0.4, -0.2) is 46.7 Å². The van der Waals surface area contributed by atoms with Crippen molar-refractivity contribution in [1.29, 1.82) is 0 Å². The average molecular weight is 488 g/mol. The topological polar surface area (TPSA) is 79.4 Å². The molecule has 3 aromatic carbocycles. The molecule has 180 valence electrons. The lowest BCUT2D eigenvalue weighted by atomic mass is 10.0. The molecule has 1 amide bonds. The second-order valence-electron chi connectivity index (χ2n) is 8.64.